The van der Waals surface area contributed by atoms with Gasteiger partial charge in [-0.05, 0) is 11.4 Å². The second-order valence-corrected chi connectivity index (χ2v) is 9.70. The molecular weight excluding hydrogens is 496 g/mol. The number of hydrogen-bond acceptors (Lipinski definition) is 11. The SMILES string of the molecule is CON=C(C(=O)NC1C(=O)N2C(C(=O)[O-])=C(C[n+]3cccc4sccc43)CS[C@@H]12)c1cc(N)on1. The molecule has 3 aromatic rings. The first-order valence-corrected chi connectivity index (χ1v) is 12.2. The van der Waals surface area contributed by atoms with Crippen LogP contribution in [0.3, 0.4) is 0 Å². The van der Waals surface area contributed by atoms with Gasteiger partial charge in [-0.2, -0.15) is 4.57 Å². The van der Waals surface area contributed by atoms with Crippen molar-refractivity contribution in [3.8, 4) is 0 Å². The number of anilines is 1. The molecule has 5 heterocycles. The summed E-state index contributed by atoms with van der Waals surface area (Å²) < 4.78 is 7.77. The third-order valence-electron chi connectivity index (χ3n) is 5.55. The van der Waals surface area contributed by atoms with E-state index in [4.69, 9.17) is 15.1 Å². The zero-order chi connectivity index (χ0) is 24.7. The van der Waals surface area contributed by atoms with E-state index in [1.54, 1.807) is 11.3 Å². The number of oxime groups is 1. The number of carbonyl (C=O) groups excluding carboxylic acids is 3. The van der Waals surface area contributed by atoms with Crippen LogP contribution in [0.25, 0.3) is 10.2 Å². The molecule has 0 aromatic carbocycles. The maximum absolute atomic E-state index is 13.0. The number of thiophene rings is 1. The molecule has 2 amide bonds. The molecule has 3 aromatic heterocycles. The standard InChI is InChI=1S/C21H18N6O6S2/c1-32-25-15(11-7-14(22)33-24-11)18(28)23-16-19(29)27-17(21(30)31)10(9-35-20(16)27)8-26-5-2-3-13-12(26)4-6-34-13/h2-7,16,20H,8-9H2,1H3,(H3-,22,23,24,28,30,31)/t16?,20-/m0/s1. The molecule has 12 nitrogen and oxygen atoms in total. The zero-order valence-electron chi connectivity index (χ0n) is 18.2. The van der Waals surface area contributed by atoms with Gasteiger partial charge in [-0.15, -0.1) is 23.1 Å². The Kier molecular flexibility index (Phi) is 5.90. The van der Waals surface area contributed by atoms with Gasteiger partial charge in [-0.25, -0.2) is 0 Å². The molecule has 2 aliphatic rings. The van der Waals surface area contributed by atoms with Crippen LogP contribution in [0.2, 0.25) is 0 Å². The molecule has 0 spiro atoms. The number of fused-ring (bicyclic) bond motifs is 2. The first kappa shape index (κ1) is 22.9. The van der Waals surface area contributed by atoms with Crippen molar-refractivity contribution in [3.63, 3.8) is 0 Å². The Morgan fingerprint density at radius 3 is 3.00 bits per heavy atom. The molecular formula is C21H18N6O6S2. The number of aliphatic carboxylic acids is 1. The predicted octanol–water partition coefficient (Wildman–Crippen LogP) is -0.786. The monoisotopic (exact) mass is 514 g/mol. The summed E-state index contributed by atoms with van der Waals surface area (Å²) in [6, 6.07) is 6.15. The van der Waals surface area contributed by atoms with Gasteiger partial charge in [-0.1, -0.05) is 10.3 Å². The molecule has 0 aliphatic carbocycles. The molecule has 0 saturated carbocycles. The van der Waals surface area contributed by atoms with Crippen LogP contribution in [0.5, 0.6) is 0 Å². The van der Waals surface area contributed by atoms with E-state index in [-0.39, 0.29) is 29.5 Å². The Labute approximate surface area is 206 Å². The lowest BCUT2D eigenvalue weighted by Gasteiger charge is -2.50. The Morgan fingerprint density at radius 1 is 1.46 bits per heavy atom. The highest BCUT2D eigenvalue weighted by Crippen LogP contribution is 2.40. The van der Waals surface area contributed by atoms with E-state index in [9.17, 15) is 19.5 Å². The molecule has 1 unspecified atom stereocenters. The van der Waals surface area contributed by atoms with E-state index in [1.807, 2.05) is 34.3 Å². The average Bonchev–Trinajstić information content (AvgIpc) is 3.49. The fraction of sp³-hybridized carbons (Fsp3) is 0.238. The molecule has 2 aliphatic heterocycles. The normalized spacial score (nSPS) is 20.0. The number of carboxylic acids is 1. The smallest absolute Gasteiger partial charge is 0.276 e. The number of β-lactam (4-membered cyclic amide) rings is 1. The van der Waals surface area contributed by atoms with Gasteiger partial charge >= 0.3 is 0 Å². The number of nitrogens with zero attached hydrogens (tertiary/aromatic N) is 4. The Balaban J connectivity index is 1.38. The Morgan fingerprint density at radius 2 is 2.29 bits per heavy atom. The molecule has 0 bridgehead atoms. The van der Waals surface area contributed by atoms with Crippen molar-refractivity contribution in [2.45, 2.75) is 18.0 Å². The van der Waals surface area contributed by atoms with E-state index >= 15 is 0 Å². The summed E-state index contributed by atoms with van der Waals surface area (Å²) in [6.07, 6.45) is 1.86. The number of hydrogen-bond donors (Lipinski definition) is 2. The van der Waals surface area contributed by atoms with E-state index in [2.05, 4.69) is 15.6 Å². The maximum atomic E-state index is 13.0. The van der Waals surface area contributed by atoms with Crippen LogP contribution >= 0.6 is 23.1 Å². The molecule has 1 saturated heterocycles. The zero-order valence-corrected chi connectivity index (χ0v) is 19.8. The molecule has 5 rings (SSSR count). The number of nitrogens with two attached hydrogens (primary N) is 1. The molecule has 35 heavy (non-hydrogen) atoms. The summed E-state index contributed by atoms with van der Waals surface area (Å²) in [6.45, 7) is 0.288. The maximum Gasteiger partial charge on any atom is 0.276 e. The molecule has 1 fully saturated rings. The lowest BCUT2D eigenvalue weighted by Crippen LogP contribution is -2.71. The fourth-order valence-corrected chi connectivity index (χ4v) is 6.18. The van der Waals surface area contributed by atoms with E-state index in [0.29, 0.717) is 11.3 Å². The number of pyridine rings is 1. The fourth-order valence-electron chi connectivity index (χ4n) is 4.03. The van der Waals surface area contributed by atoms with Crippen molar-refractivity contribution in [1.82, 2.24) is 15.4 Å². The third kappa shape index (κ3) is 4.00. The van der Waals surface area contributed by atoms with Crippen LogP contribution in [-0.2, 0) is 25.8 Å². The van der Waals surface area contributed by atoms with E-state index in [0.717, 1.165) is 10.2 Å². The highest BCUT2D eigenvalue weighted by atomic mass is 32.2. The number of aromatic nitrogens is 2. The van der Waals surface area contributed by atoms with Crippen LogP contribution in [0.4, 0.5) is 5.88 Å². The van der Waals surface area contributed by atoms with Crippen LogP contribution in [0.15, 0.2) is 56.8 Å². The Bertz CT molecular complexity index is 1410. The van der Waals surface area contributed by atoms with Gasteiger partial charge in [0, 0.05) is 29.5 Å². The van der Waals surface area contributed by atoms with Crippen LogP contribution in [-0.4, -0.2) is 57.8 Å². The number of nitrogens with one attached hydrogen (secondary N) is 1. The van der Waals surface area contributed by atoms with E-state index < -0.39 is 29.2 Å². The summed E-state index contributed by atoms with van der Waals surface area (Å²) >= 11 is 2.94. The second-order valence-electron chi connectivity index (χ2n) is 7.64. The van der Waals surface area contributed by atoms with Gasteiger partial charge in [0.05, 0.1) is 16.4 Å². The number of thioether (sulfide) groups is 1. The summed E-state index contributed by atoms with van der Waals surface area (Å²) in [7, 11) is 1.25. The third-order valence-corrected chi connectivity index (χ3v) is 7.76. The van der Waals surface area contributed by atoms with Crippen molar-refractivity contribution in [2.75, 3.05) is 18.6 Å². The van der Waals surface area contributed by atoms with Gasteiger partial charge in [0.15, 0.2) is 18.5 Å². The number of amides is 2. The lowest BCUT2D eigenvalue weighted by atomic mass is 10.0. The van der Waals surface area contributed by atoms with Crippen LogP contribution in [0.1, 0.15) is 5.69 Å². The lowest BCUT2D eigenvalue weighted by molar-refractivity contribution is -0.663. The highest BCUT2D eigenvalue weighted by Gasteiger charge is 2.53. The number of nitrogen functional groups attached to an aromatic ring is 1. The van der Waals surface area contributed by atoms with Crippen LogP contribution < -0.4 is 20.7 Å². The Hall–Kier alpha value is -3.91. The van der Waals surface area contributed by atoms with Gasteiger partial charge in [-0.3, -0.25) is 14.5 Å². The minimum Gasteiger partial charge on any atom is -0.543 e. The number of carboxylic acid groups (broad SMARTS) is 1. The van der Waals surface area contributed by atoms with Gasteiger partial charge in [0.2, 0.25) is 11.4 Å². The van der Waals surface area contributed by atoms with Gasteiger partial charge in [0.1, 0.15) is 24.2 Å². The minimum absolute atomic E-state index is 0.0269. The first-order chi connectivity index (χ1) is 16.9. The van der Waals surface area contributed by atoms with E-state index in [1.165, 1.54) is 29.8 Å². The molecule has 3 N–H and O–H groups in total. The molecule has 0 radical (unpaired) electrons. The molecule has 14 heteroatoms. The second kappa shape index (κ2) is 9.03. The van der Waals surface area contributed by atoms with Gasteiger partial charge in [0.25, 0.3) is 11.8 Å². The first-order valence-electron chi connectivity index (χ1n) is 10.3. The topological polar surface area (TPSA) is 167 Å². The summed E-state index contributed by atoms with van der Waals surface area (Å²) in [5.74, 6) is -2.44. The predicted molar refractivity (Wildman–Crippen MR) is 124 cm³/mol. The molecule has 2 atom stereocenters. The average molecular weight is 515 g/mol. The van der Waals surface area contributed by atoms with Crippen LogP contribution in [0, 0.1) is 0 Å². The summed E-state index contributed by atoms with van der Waals surface area (Å²) in [5.41, 5.74) is 6.64. The number of carbonyl (C=O) groups is 3. The number of rotatable bonds is 7. The highest BCUT2D eigenvalue weighted by molar-refractivity contribution is 8.00. The quantitative estimate of drug-likeness (QED) is 0.178. The summed E-state index contributed by atoms with van der Waals surface area (Å²) in [5, 5.41) is 23.3. The minimum atomic E-state index is -1.44. The summed E-state index contributed by atoms with van der Waals surface area (Å²) in [4.78, 5) is 43.8. The van der Waals surface area contributed by atoms with Crippen molar-refractivity contribution in [1.29, 1.82) is 0 Å². The van der Waals surface area contributed by atoms with Crippen molar-refractivity contribution < 1.29 is 33.4 Å². The van der Waals surface area contributed by atoms with Crippen molar-refractivity contribution >= 4 is 62.7 Å². The van der Waals surface area contributed by atoms with Gasteiger partial charge < -0.3 is 30.3 Å². The van der Waals surface area contributed by atoms with Crippen molar-refractivity contribution in [2.24, 2.45) is 5.16 Å². The largest absolute Gasteiger partial charge is 0.543 e. The molecule has 180 valence electrons. The van der Waals surface area contributed by atoms with Crippen molar-refractivity contribution in [3.05, 3.63) is 52.8 Å².